The van der Waals surface area contributed by atoms with Crippen molar-refractivity contribution in [3.63, 3.8) is 0 Å². The van der Waals surface area contributed by atoms with Crippen molar-refractivity contribution in [3.05, 3.63) is 52.4 Å². The zero-order valence-electron chi connectivity index (χ0n) is 15.4. The molecule has 0 aliphatic carbocycles. The zero-order chi connectivity index (χ0) is 19.0. The number of carbonyl (C=O) groups is 1. The Morgan fingerprint density at radius 3 is 2.78 bits per heavy atom. The third-order valence-corrected chi connectivity index (χ3v) is 5.02. The molecule has 4 rings (SSSR count). The fourth-order valence-corrected chi connectivity index (χ4v) is 3.37. The number of carbonyl (C=O) groups excluding carboxylic acids is 1. The SMILES string of the molecule is Cc1cc(OC2CCN(C(=O)C3COc4ccccc4O3)C2)cc(=O)n1C. The molecule has 27 heavy (non-hydrogen) atoms. The quantitative estimate of drug-likeness (QED) is 0.819. The molecule has 2 aromatic rings. The Kier molecular flexibility index (Phi) is 4.51. The van der Waals surface area contributed by atoms with Crippen LogP contribution in [0.5, 0.6) is 17.2 Å². The predicted molar refractivity (Wildman–Crippen MR) is 98.4 cm³/mol. The standard InChI is InChI=1S/C20H22N2O5/c1-13-9-15(10-19(23)21(13)2)26-14-7-8-22(11-14)20(24)18-12-25-16-5-3-4-6-17(16)27-18/h3-6,9-10,14,18H,7-8,11-12H2,1-2H3. The molecule has 3 heterocycles. The molecule has 1 aromatic heterocycles. The highest BCUT2D eigenvalue weighted by Crippen LogP contribution is 2.31. The van der Waals surface area contributed by atoms with Crippen molar-refractivity contribution in [3.8, 4) is 17.2 Å². The van der Waals surface area contributed by atoms with E-state index in [0.29, 0.717) is 36.8 Å². The number of pyridine rings is 1. The van der Waals surface area contributed by atoms with Crippen LogP contribution in [-0.4, -0.2) is 47.3 Å². The number of rotatable bonds is 3. The van der Waals surface area contributed by atoms with E-state index in [2.05, 4.69) is 0 Å². The Balaban J connectivity index is 1.38. The lowest BCUT2D eigenvalue weighted by atomic mass is 10.2. The molecule has 0 saturated carbocycles. The van der Waals surface area contributed by atoms with Gasteiger partial charge in [0.15, 0.2) is 11.5 Å². The molecule has 2 atom stereocenters. The van der Waals surface area contributed by atoms with E-state index >= 15 is 0 Å². The third-order valence-electron chi connectivity index (χ3n) is 5.02. The van der Waals surface area contributed by atoms with Crippen LogP contribution in [0.4, 0.5) is 0 Å². The molecule has 0 N–H and O–H groups in total. The summed E-state index contributed by atoms with van der Waals surface area (Å²) in [4.78, 5) is 26.4. The molecule has 1 fully saturated rings. The van der Waals surface area contributed by atoms with Gasteiger partial charge in [0, 0.05) is 31.8 Å². The van der Waals surface area contributed by atoms with E-state index in [9.17, 15) is 9.59 Å². The zero-order valence-corrected chi connectivity index (χ0v) is 15.4. The Hall–Kier alpha value is -2.96. The normalized spacial score (nSPS) is 21.2. The van der Waals surface area contributed by atoms with Crippen LogP contribution < -0.4 is 19.8 Å². The number of aromatic nitrogens is 1. The van der Waals surface area contributed by atoms with Gasteiger partial charge < -0.3 is 23.7 Å². The molecule has 142 valence electrons. The minimum atomic E-state index is -0.648. The van der Waals surface area contributed by atoms with Crippen LogP contribution in [0.1, 0.15) is 12.1 Å². The van der Waals surface area contributed by atoms with Crippen molar-refractivity contribution >= 4 is 5.91 Å². The minimum Gasteiger partial charge on any atom is -0.488 e. The molecule has 0 bridgehead atoms. The van der Waals surface area contributed by atoms with E-state index < -0.39 is 6.10 Å². The van der Waals surface area contributed by atoms with E-state index in [1.54, 1.807) is 22.6 Å². The summed E-state index contributed by atoms with van der Waals surface area (Å²) in [6.45, 7) is 3.12. The van der Waals surface area contributed by atoms with Gasteiger partial charge in [-0.2, -0.15) is 0 Å². The number of ether oxygens (including phenoxy) is 3. The summed E-state index contributed by atoms with van der Waals surface area (Å²) < 4.78 is 18.9. The fourth-order valence-electron chi connectivity index (χ4n) is 3.37. The fraction of sp³-hybridized carbons (Fsp3) is 0.400. The van der Waals surface area contributed by atoms with Gasteiger partial charge in [-0.1, -0.05) is 12.1 Å². The maximum atomic E-state index is 12.8. The number of likely N-dealkylation sites (tertiary alicyclic amines) is 1. The first-order chi connectivity index (χ1) is 13.0. The second-order valence-corrected chi connectivity index (χ2v) is 6.91. The van der Waals surface area contributed by atoms with Gasteiger partial charge in [-0.15, -0.1) is 0 Å². The second kappa shape index (κ2) is 6.98. The second-order valence-electron chi connectivity index (χ2n) is 6.91. The first-order valence-electron chi connectivity index (χ1n) is 9.03. The van der Waals surface area contributed by atoms with Crippen molar-refractivity contribution in [2.24, 2.45) is 7.05 Å². The Bertz CT molecular complexity index is 923. The predicted octanol–water partition coefficient (Wildman–Crippen LogP) is 1.51. The number of hydrogen-bond acceptors (Lipinski definition) is 5. The minimum absolute atomic E-state index is 0.101. The Labute approximate surface area is 157 Å². The van der Waals surface area contributed by atoms with Gasteiger partial charge in [0.05, 0.1) is 6.54 Å². The monoisotopic (exact) mass is 370 g/mol. The average Bonchev–Trinajstić information content (AvgIpc) is 3.13. The topological polar surface area (TPSA) is 70.0 Å². The van der Waals surface area contributed by atoms with E-state index in [0.717, 1.165) is 5.69 Å². The molecule has 1 aromatic carbocycles. The summed E-state index contributed by atoms with van der Waals surface area (Å²) >= 11 is 0. The molecule has 0 radical (unpaired) electrons. The van der Waals surface area contributed by atoms with Crippen LogP contribution in [0.2, 0.25) is 0 Å². The summed E-state index contributed by atoms with van der Waals surface area (Å²) in [5, 5.41) is 0. The number of hydrogen-bond donors (Lipinski definition) is 0. The lowest BCUT2D eigenvalue weighted by molar-refractivity contribution is -0.140. The molecule has 1 amide bonds. The molecule has 7 nitrogen and oxygen atoms in total. The number of nitrogens with zero attached hydrogens (tertiary/aromatic N) is 2. The summed E-state index contributed by atoms with van der Waals surface area (Å²) in [5.74, 6) is 1.69. The van der Waals surface area contributed by atoms with Crippen LogP contribution in [0.15, 0.2) is 41.2 Å². The van der Waals surface area contributed by atoms with E-state index in [-0.39, 0.29) is 24.2 Å². The smallest absolute Gasteiger partial charge is 0.267 e. The van der Waals surface area contributed by atoms with Gasteiger partial charge in [0.25, 0.3) is 11.5 Å². The highest BCUT2D eigenvalue weighted by molar-refractivity contribution is 5.82. The highest BCUT2D eigenvalue weighted by atomic mass is 16.6. The molecule has 7 heteroatoms. The van der Waals surface area contributed by atoms with Gasteiger partial charge in [-0.05, 0) is 25.1 Å². The third kappa shape index (κ3) is 3.49. The average molecular weight is 370 g/mol. The number of fused-ring (bicyclic) bond motifs is 1. The molecular weight excluding hydrogens is 348 g/mol. The number of amides is 1. The highest BCUT2D eigenvalue weighted by Gasteiger charge is 2.35. The molecule has 1 saturated heterocycles. The van der Waals surface area contributed by atoms with E-state index in [1.807, 2.05) is 31.2 Å². The van der Waals surface area contributed by atoms with Crippen molar-refractivity contribution in [1.82, 2.24) is 9.47 Å². The van der Waals surface area contributed by atoms with Crippen LogP contribution in [0.25, 0.3) is 0 Å². The maximum absolute atomic E-state index is 12.8. The van der Waals surface area contributed by atoms with Crippen molar-refractivity contribution < 1.29 is 19.0 Å². The van der Waals surface area contributed by atoms with Gasteiger partial charge in [0.1, 0.15) is 18.5 Å². The van der Waals surface area contributed by atoms with Crippen molar-refractivity contribution in [2.75, 3.05) is 19.7 Å². The molecule has 0 spiro atoms. The number of benzene rings is 1. The summed E-state index contributed by atoms with van der Waals surface area (Å²) in [7, 11) is 1.72. The maximum Gasteiger partial charge on any atom is 0.267 e. The van der Waals surface area contributed by atoms with Gasteiger partial charge >= 0.3 is 0 Å². The molecular formula is C20H22N2O5. The summed E-state index contributed by atoms with van der Waals surface area (Å²) in [5.41, 5.74) is 0.720. The van der Waals surface area contributed by atoms with Crippen molar-refractivity contribution in [1.29, 1.82) is 0 Å². The van der Waals surface area contributed by atoms with Crippen molar-refractivity contribution in [2.45, 2.75) is 25.6 Å². The first-order valence-corrected chi connectivity index (χ1v) is 9.03. The van der Waals surface area contributed by atoms with E-state index in [4.69, 9.17) is 14.2 Å². The van der Waals surface area contributed by atoms with Gasteiger partial charge in [-0.25, -0.2) is 0 Å². The molecule has 2 aliphatic rings. The Morgan fingerprint density at radius 2 is 2.00 bits per heavy atom. The van der Waals surface area contributed by atoms with Gasteiger partial charge in [-0.3, -0.25) is 9.59 Å². The van der Waals surface area contributed by atoms with Crippen LogP contribution in [-0.2, 0) is 11.8 Å². The van der Waals surface area contributed by atoms with E-state index in [1.165, 1.54) is 6.07 Å². The number of para-hydroxylation sites is 2. The van der Waals surface area contributed by atoms with Crippen LogP contribution in [0, 0.1) is 6.92 Å². The lowest BCUT2D eigenvalue weighted by Crippen LogP contribution is -2.46. The van der Waals surface area contributed by atoms with Gasteiger partial charge in [0.2, 0.25) is 6.10 Å². The number of aryl methyl sites for hydroxylation is 1. The lowest BCUT2D eigenvalue weighted by Gasteiger charge is -2.28. The van der Waals surface area contributed by atoms with Crippen LogP contribution in [0.3, 0.4) is 0 Å². The summed E-state index contributed by atoms with van der Waals surface area (Å²) in [6, 6.07) is 10.6. The molecule has 2 unspecified atom stereocenters. The first kappa shape index (κ1) is 17.5. The Morgan fingerprint density at radius 1 is 1.22 bits per heavy atom. The van der Waals surface area contributed by atoms with Crippen LogP contribution >= 0.6 is 0 Å². The molecule has 2 aliphatic heterocycles. The largest absolute Gasteiger partial charge is 0.488 e. The summed E-state index contributed by atoms with van der Waals surface area (Å²) in [6.07, 6.45) is -0.0772.